The Morgan fingerprint density at radius 1 is 1.24 bits per heavy atom. The molecule has 0 saturated carbocycles. The van der Waals surface area contributed by atoms with E-state index in [0.717, 1.165) is 30.0 Å². The maximum Gasteiger partial charge on any atom is 0.319 e. The van der Waals surface area contributed by atoms with Crippen LogP contribution in [0, 0.1) is 0 Å². The highest BCUT2D eigenvalue weighted by atomic mass is 16.3. The van der Waals surface area contributed by atoms with Crippen molar-refractivity contribution in [2.24, 2.45) is 0 Å². The summed E-state index contributed by atoms with van der Waals surface area (Å²) in [6.45, 7) is 5.93. The van der Waals surface area contributed by atoms with Crippen molar-refractivity contribution in [2.45, 2.75) is 32.4 Å². The quantitative estimate of drug-likeness (QED) is 0.782. The van der Waals surface area contributed by atoms with Crippen LogP contribution in [0.15, 0.2) is 42.6 Å². The topological polar surface area (TPSA) is 77.5 Å². The Morgan fingerprint density at radius 3 is 2.68 bits per heavy atom. The molecule has 2 amide bonds. The highest BCUT2D eigenvalue weighted by Crippen LogP contribution is 2.31. The third-order valence-corrected chi connectivity index (χ3v) is 4.58. The number of nitrogens with zero attached hydrogens (tertiary/aromatic N) is 2. The van der Waals surface area contributed by atoms with Crippen molar-refractivity contribution < 1.29 is 9.90 Å². The van der Waals surface area contributed by atoms with Gasteiger partial charge in [-0.15, -0.1) is 0 Å². The van der Waals surface area contributed by atoms with E-state index in [2.05, 4.69) is 34.4 Å². The van der Waals surface area contributed by atoms with Gasteiger partial charge in [0.25, 0.3) is 0 Å². The summed E-state index contributed by atoms with van der Waals surface area (Å²) in [5.74, 6) is 0.885. The van der Waals surface area contributed by atoms with Gasteiger partial charge in [-0.2, -0.15) is 0 Å². The number of hydrogen-bond acceptors (Lipinski definition) is 4. The van der Waals surface area contributed by atoms with E-state index in [0.29, 0.717) is 12.1 Å². The molecule has 25 heavy (non-hydrogen) atoms. The van der Waals surface area contributed by atoms with Gasteiger partial charge in [-0.3, -0.25) is 0 Å². The lowest BCUT2D eigenvalue weighted by atomic mass is 10.1. The van der Waals surface area contributed by atoms with E-state index in [1.807, 2.05) is 36.4 Å². The van der Waals surface area contributed by atoms with Crippen molar-refractivity contribution in [2.75, 3.05) is 23.3 Å². The molecular formula is C19H24N4O2. The molecule has 1 heterocycles. The zero-order valence-electron chi connectivity index (χ0n) is 14.6. The summed E-state index contributed by atoms with van der Waals surface area (Å²) >= 11 is 0. The van der Waals surface area contributed by atoms with Crippen LogP contribution >= 0.6 is 0 Å². The first-order valence-electron chi connectivity index (χ1n) is 8.66. The van der Waals surface area contributed by atoms with Crippen molar-refractivity contribution in [1.82, 2.24) is 10.3 Å². The summed E-state index contributed by atoms with van der Waals surface area (Å²) in [4.78, 5) is 18.8. The van der Waals surface area contributed by atoms with Crippen LogP contribution in [-0.2, 0) is 6.42 Å². The van der Waals surface area contributed by atoms with Crippen molar-refractivity contribution in [3.63, 3.8) is 0 Å². The molecule has 132 valence electrons. The Bertz CT molecular complexity index is 728. The molecule has 2 aromatic rings. The SMILES string of the molecule is CCN(CC)c1ccc(NC(=O)N[C@@H]2c3ccccc3C[C@@H]2O)cn1. The number of fused-ring (bicyclic) bond motifs is 1. The van der Waals surface area contributed by atoms with E-state index >= 15 is 0 Å². The molecule has 0 bridgehead atoms. The predicted molar refractivity (Wildman–Crippen MR) is 98.8 cm³/mol. The molecule has 6 heteroatoms. The predicted octanol–water partition coefficient (Wildman–Crippen LogP) is 2.71. The van der Waals surface area contributed by atoms with Gasteiger partial charge in [0.05, 0.1) is 24.0 Å². The summed E-state index contributed by atoms with van der Waals surface area (Å²) in [5, 5.41) is 15.9. The van der Waals surface area contributed by atoms with Gasteiger partial charge in [-0.25, -0.2) is 9.78 Å². The van der Waals surface area contributed by atoms with Crippen molar-refractivity contribution >= 4 is 17.5 Å². The Morgan fingerprint density at radius 2 is 2.00 bits per heavy atom. The van der Waals surface area contributed by atoms with Crippen LogP contribution in [0.2, 0.25) is 0 Å². The second kappa shape index (κ2) is 7.53. The number of carbonyl (C=O) groups is 1. The Balaban J connectivity index is 1.63. The summed E-state index contributed by atoms with van der Waals surface area (Å²) in [6.07, 6.45) is 1.60. The lowest BCUT2D eigenvalue weighted by molar-refractivity contribution is 0.144. The zero-order chi connectivity index (χ0) is 17.8. The number of urea groups is 1. The number of aliphatic hydroxyl groups excluding tert-OH is 1. The molecule has 0 radical (unpaired) electrons. The van der Waals surface area contributed by atoms with E-state index in [9.17, 15) is 9.90 Å². The number of anilines is 2. The third kappa shape index (κ3) is 3.74. The van der Waals surface area contributed by atoms with Gasteiger partial charge < -0.3 is 20.6 Å². The largest absolute Gasteiger partial charge is 0.390 e. The zero-order valence-corrected chi connectivity index (χ0v) is 14.6. The number of benzene rings is 1. The van der Waals surface area contributed by atoms with Gasteiger partial charge in [0.2, 0.25) is 0 Å². The Hall–Kier alpha value is -2.60. The number of pyridine rings is 1. The molecule has 0 aliphatic heterocycles. The molecule has 1 aliphatic rings. The minimum absolute atomic E-state index is 0.349. The van der Waals surface area contributed by atoms with Crippen LogP contribution in [0.25, 0.3) is 0 Å². The first-order chi connectivity index (χ1) is 12.1. The van der Waals surface area contributed by atoms with Gasteiger partial charge in [-0.1, -0.05) is 24.3 Å². The fourth-order valence-corrected chi connectivity index (χ4v) is 3.25. The van der Waals surface area contributed by atoms with E-state index in [-0.39, 0.29) is 12.1 Å². The number of amides is 2. The monoisotopic (exact) mass is 340 g/mol. The molecule has 1 aliphatic carbocycles. The maximum absolute atomic E-state index is 12.3. The smallest absolute Gasteiger partial charge is 0.319 e. The van der Waals surface area contributed by atoms with E-state index < -0.39 is 6.10 Å². The van der Waals surface area contributed by atoms with E-state index in [1.54, 1.807) is 6.20 Å². The van der Waals surface area contributed by atoms with Crippen molar-refractivity contribution in [1.29, 1.82) is 0 Å². The molecule has 6 nitrogen and oxygen atoms in total. The minimum atomic E-state index is -0.605. The van der Waals surface area contributed by atoms with Crippen LogP contribution in [-0.4, -0.2) is 35.3 Å². The van der Waals surface area contributed by atoms with Gasteiger partial charge >= 0.3 is 6.03 Å². The number of aliphatic hydroxyl groups is 1. The number of nitrogens with one attached hydrogen (secondary N) is 2. The summed E-state index contributed by atoms with van der Waals surface area (Å²) in [7, 11) is 0. The van der Waals surface area contributed by atoms with Crippen LogP contribution in [0.5, 0.6) is 0 Å². The molecule has 2 atom stereocenters. The Kier molecular flexibility index (Phi) is 5.19. The van der Waals surface area contributed by atoms with Crippen molar-refractivity contribution in [3.05, 3.63) is 53.7 Å². The van der Waals surface area contributed by atoms with Crippen LogP contribution in [0.1, 0.15) is 31.0 Å². The van der Waals surface area contributed by atoms with Gasteiger partial charge in [0.1, 0.15) is 5.82 Å². The normalized spacial score (nSPS) is 18.5. The number of hydrogen-bond donors (Lipinski definition) is 3. The summed E-state index contributed by atoms with van der Waals surface area (Å²) < 4.78 is 0. The molecule has 0 spiro atoms. The highest BCUT2D eigenvalue weighted by Gasteiger charge is 2.31. The summed E-state index contributed by atoms with van der Waals surface area (Å²) in [6, 6.07) is 10.8. The molecule has 1 aromatic carbocycles. The van der Waals surface area contributed by atoms with Crippen LogP contribution in [0.3, 0.4) is 0 Å². The van der Waals surface area contributed by atoms with E-state index in [1.165, 1.54) is 0 Å². The molecule has 0 unspecified atom stereocenters. The highest BCUT2D eigenvalue weighted by molar-refractivity contribution is 5.89. The molecule has 0 fully saturated rings. The first-order valence-corrected chi connectivity index (χ1v) is 8.66. The minimum Gasteiger partial charge on any atom is -0.390 e. The molecule has 3 rings (SSSR count). The van der Waals surface area contributed by atoms with Crippen LogP contribution < -0.4 is 15.5 Å². The maximum atomic E-state index is 12.3. The standard InChI is InChI=1S/C19H24N4O2/c1-3-23(4-2)17-10-9-14(12-20-17)21-19(25)22-18-15-8-6-5-7-13(15)11-16(18)24/h5-10,12,16,18,24H,3-4,11H2,1-2H3,(H2,21,22,25)/t16-,18+/m0/s1. The fourth-order valence-electron chi connectivity index (χ4n) is 3.25. The lowest BCUT2D eigenvalue weighted by Gasteiger charge is -2.20. The second-order valence-corrected chi connectivity index (χ2v) is 6.12. The number of rotatable bonds is 5. The molecular weight excluding hydrogens is 316 g/mol. The van der Waals surface area contributed by atoms with E-state index in [4.69, 9.17) is 0 Å². The molecule has 3 N–H and O–H groups in total. The first kappa shape index (κ1) is 17.2. The van der Waals surface area contributed by atoms with Gasteiger partial charge in [-0.05, 0) is 37.1 Å². The fraction of sp³-hybridized carbons (Fsp3) is 0.368. The lowest BCUT2D eigenvalue weighted by Crippen LogP contribution is -2.36. The van der Waals surface area contributed by atoms with Crippen LogP contribution in [0.4, 0.5) is 16.3 Å². The van der Waals surface area contributed by atoms with Gasteiger partial charge in [0.15, 0.2) is 0 Å². The Labute approximate surface area is 147 Å². The van der Waals surface area contributed by atoms with Gasteiger partial charge in [0, 0.05) is 19.5 Å². The second-order valence-electron chi connectivity index (χ2n) is 6.12. The summed E-state index contributed by atoms with van der Waals surface area (Å²) in [5.41, 5.74) is 2.67. The average Bonchev–Trinajstić information content (AvgIpc) is 2.93. The number of carbonyl (C=O) groups excluding carboxylic acids is 1. The molecule has 1 aromatic heterocycles. The average molecular weight is 340 g/mol. The van der Waals surface area contributed by atoms with Crippen molar-refractivity contribution in [3.8, 4) is 0 Å². The third-order valence-electron chi connectivity index (χ3n) is 4.58. The molecule has 0 saturated heterocycles. The number of aromatic nitrogens is 1.